The van der Waals surface area contributed by atoms with Gasteiger partial charge in [0, 0.05) is 30.7 Å². The summed E-state index contributed by atoms with van der Waals surface area (Å²) in [5, 5.41) is 3.03. The molecule has 0 spiro atoms. The van der Waals surface area contributed by atoms with E-state index in [1.807, 2.05) is 42.5 Å². The Morgan fingerprint density at radius 3 is 2.04 bits per heavy atom. The van der Waals surface area contributed by atoms with Gasteiger partial charge >= 0.3 is 0 Å². The fourth-order valence-corrected chi connectivity index (χ4v) is 3.20. The minimum atomic E-state index is -0.707. The first-order valence-electron chi connectivity index (χ1n) is 9.81. The van der Waals surface area contributed by atoms with Crippen LogP contribution in [0.2, 0.25) is 0 Å². The maximum absolute atomic E-state index is 12.9. The fourth-order valence-electron chi connectivity index (χ4n) is 3.20. The van der Waals surface area contributed by atoms with E-state index in [-0.39, 0.29) is 5.91 Å². The standard InChI is InChI=1S/C23H32N2O3/c1-17(2)25(18(3)4)16-15-24-23(26)22(19-9-7-6-8-10-19)28-21-13-11-20(27-5)12-14-21/h6-14,17-18,22H,15-16H2,1-5H3,(H,24,26)/t22-/m1/s1. The molecule has 0 heterocycles. The van der Waals surface area contributed by atoms with Crippen LogP contribution in [-0.4, -0.2) is 43.1 Å². The maximum Gasteiger partial charge on any atom is 0.265 e. The zero-order valence-corrected chi connectivity index (χ0v) is 17.5. The molecular formula is C23H32N2O3. The van der Waals surface area contributed by atoms with Gasteiger partial charge in [0.05, 0.1) is 7.11 Å². The summed E-state index contributed by atoms with van der Waals surface area (Å²) < 4.78 is 11.2. The van der Waals surface area contributed by atoms with Crippen LogP contribution in [0.25, 0.3) is 0 Å². The van der Waals surface area contributed by atoms with Crippen LogP contribution in [0.5, 0.6) is 11.5 Å². The summed E-state index contributed by atoms with van der Waals surface area (Å²) in [6, 6.07) is 17.7. The molecule has 0 aliphatic rings. The first kappa shape index (κ1) is 21.8. The van der Waals surface area contributed by atoms with E-state index in [9.17, 15) is 4.79 Å². The van der Waals surface area contributed by atoms with E-state index in [2.05, 4.69) is 37.9 Å². The number of hydrogen-bond acceptors (Lipinski definition) is 4. The Hall–Kier alpha value is -2.53. The summed E-state index contributed by atoms with van der Waals surface area (Å²) in [7, 11) is 1.62. The lowest BCUT2D eigenvalue weighted by Gasteiger charge is -2.30. The lowest BCUT2D eigenvalue weighted by Crippen LogP contribution is -2.43. The predicted octanol–water partition coefficient (Wildman–Crippen LogP) is 4.05. The average Bonchev–Trinajstić information content (AvgIpc) is 2.69. The molecule has 2 aromatic rings. The Bertz CT molecular complexity index is 706. The second-order valence-electron chi connectivity index (χ2n) is 7.30. The Kier molecular flexibility index (Phi) is 8.33. The third-order valence-electron chi connectivity index (χ3n) is 4.65. The third kappa shape index (κ3) is 6.27. The van der Waals surface area contributed by atoms with E-state index in [0.717, 1.165) is 17.9 Å². The van der Waals surface area contributed by atoms with Crippen LogP contribution < -0.4 is 14.8 Å². The number of carbonyl (C=O) groups is 1. The molecule has 1 atom stereocenters. The topological polar surface area (TPSA) is 50.8 Å². The van der Waals surface area contributed by atoms with Crippen LogP contribution >= 0.6 is 0 Å². The molecule has 1 N–H and O–H groups in total. The van der Waals surface area contributed by atoms with Crippen molar-refractivity contribution in [1.82, 2.24) is 10.2 Å². The molecular weight excluding hydrogens is 352 g/mol. The first-order valence-corrected chi connectivity index (χ1v) is 9.81. The molecule has 2 rings (SSSR count). The number of amides is 1. The number of carbonyl (C=O) groups excluding carboxylic acids is 1. The van der Waals surface area contributed by atoms with E-state index in [4.69, 9.17) is 9.47 Å². The molecule has 0 saturated carbocycles. The number of benzene rings is 2. The van der Waals surface area contributed by atoms with Gasteiger partial charge in [0.15, 0.2) is 0 Å². The largest absolute Gasteiger partial charge is 0.497 e. The molecule has 0 unspecified atom stereocenters. The number of rotatable bonds is 10. The van der Waals surface area contributed by atoms with E-state index < -0.39 is 6.10 Å². The van der Waals surface area contributed by atoms with Crippen molar-refractivity contribution in [3.05, 3.63) is 60.2 Å². The highest BCUT2D eigenvalue weighted by molar-refractivity contribution is 5.82. The van der Waals surface area contributed by atoms with Crippen molar-refractivity contribution < 1.29 is 14.3 Å². The molecule has 0 aliphatic carbocycles. The summed E-state index contributed by atoms with van der Waals surface area (Å²) in [6.07, 6.45) is -0.707. The first-order chi connectivity index (χ1) is 13.4. The lowest BCUT2D eigenvalue weighted by atomic mass is 10.1. The van der Waals surface area contributed by atoms with Gasteiger partial charge in [-0.25, -0.2) is 0 Å². The summed E-state index contributed by atoms with van der Waals surface area (Å²) >= 11 is 0. The van der Waals surface area contributed by atoms with Crippen LogP contribution in [0.1, 0.15) is 39.4 Å². The van der Waals surface area contributed by atoms with Crippen LogP contribution in [0.15, 0.2) is 54.6 Å². The van der Waals surface area contributed by atoms with Gasteiger partial charge in [0.2, 0.25) is 6.10 Å². The van der Waals surface area contributed by atoms with Crippen LogP contribution in [0.4, 0.5) is 0 Å². The van der Waals surface area contributed by atoms with E-state index >= 15 is 0 Å². The summed E-state index contributed by atoms with van der Waals surface area (Å²) in [4.78, 5) is 15.3. The van der Waals surface area contributed by atoms with Crippen molar-refractivity contribution in [3.8, 4) is 11.5 Å². The minimum Gasteiger partial charge on any atom is -0.497 e. The second-order valence-corrected chi connectivity index (χ2v) is 7.30. The van der Waals surface area contributed by atoms with Gasteiger partial charge in [-0.2, -0.15) is 0 Å². The van der Waals surface area contributed by atoms with Gasteiger partial charge in [0.1, 0.15) is 11.5 Å². The van der Waals surface area contributed by atoms with Gasteiger partial charge in [-0.3, -0.25) is 9.69 Å². The molecule has 0 aliphatic heterocycles. The minimum absolute atomic E-state index is 0.144. The molecule has 0 radical (unpaired) electrons. The maximum atomic E-state index is 12.9. The summed E-state index contributed by atoms with van der Waals surface area (Å²) in [5.41, 5.74) is 0.820. The Morgan fingerprint density at radius 2 is 1.50 bits per heavy atom. The van der Waals surface area contributed by atoms with Crippen LogP contribution in [0, 0.1) is 0 Å². The van der Waals surface area contributed by atoms with Crippen molar-refractivity contribution >= 4 is 5.91 Å². The molecule has 0 fully saturated rings. The van der Waals surface area contributed by atoms with Crippen molar-refractivity contribution in [2.24, 2.45) is 0 Å². The van der Waals surface area contributed by atoms with Crippen molar-refractivity contribution in [2.75, 3.05) is 20.2 Å². The second kappa shape index (κ2) is 10.7. The van der Waals surface area contributed by atoms with Gasteiger partial charge < -0.3 is 14.8 Å². The SMILES string of the molecule is COc1ccc(O[C@@H](C(=O)NCCN(C(C)C)C(C)C)c2ccccc2)cc1. The molecule has 0 bridgehead atoms. The lowest BCUT2D eigenvalue weighted by molar-refractivity contribution is -0.128. The van der Waals surface area contributed by atoms with Gasteiger partial charge in [0.25, 0.3) is 5.91 Å². The number of hydrogen-bond donors (Lipinski definition) is 1. The van der Waals surface area contributed by atoms with E-state index in [1.54, 1.807) is 19.2 Å². The highest BCUT2D eigenvalue weighted by Gasteiger charge is 2.23. The quantitative estimate of drug-likeness (QED) is 0.671. The molecule has 5 heteroatoms. The monoisotopic (exact) mass is 384 g/mol. The molecule has 5 nitrogen and oxygen atoms in total. The third-order valence-corrected chi connectivity index (χ3v) is 4.65. The Morgan fingerprint density at radius 1 is 0.929 bits per heavy atom. The molecule has 1 amide bonds. The molecule has 2 aromatic carbocycles. The van der Waals surface area contributed by atoms with Gasteiger partial charge in [-0.15, -0.1) is 0 Å². The zero-order chi connectivity index (χ0) is 20.5. The summed E-state index contributed by atoms with van der Waals surface area (Å²) in [5.74, 6) is 1.22. The molecule has 152 valence electrons. The summed E-state index contributed by atoms with van der Waals surface area (Å²) in [6.45, 7) is 10.0. The van der Waals surface area contributed by atoms with E-state index in [0.29, 0.717) is 24.4 Å². The van der Waals surface area contributed by atoms with E-state index in [1.165, 1.54) is 0 Å². The highest BCUT2D eigenvalue weighted by Crippen LogP contribution is 2.24. The van der Waals surface area contributed by atoms with Gasteiger partial charge in [-0.1, -0.05) is 30.3 Å². The van der Waals surface area contributed by atoms with Crippen LogP contribution in [-0.2, 0) is 4.79 Å². The fraction of sp³-hybridized carbons (Fsp3) is 0.435. The highest BCUT2D eigenvalue weighted by atomic mass is 16.5. The van der Waals surface area contributed by atoms with Gasteiger partial charge in [-0.05, 0) is 52.0 Å². The Balaban J connectivity index is 2.07. The van der Waals surface area contributed by atoms with Crippen molar-refractivity contribution in [2.45, 2.75) is 45.9 Å². The number of methoxy groups -OCH3 is 1. The number of nitrogens with one attached hydrogen (secondary N) is 1. The van der Waals surface area contributed by atoms with Crippen molar-refractivity contribution in [1.29, 1.82) is 0 Å². The number of nitrogens with zero attached hydrogens (tertiary/aromatic N) is 1. The predicted molar refractivity (Wildman–Crippen MR) is 113 cm³/mol. The Labute approximate surface area is 168 Å². The normalized spacial score (nSPS) is 12.3. The smallest absolute Gasteiger partial charge is 0.265 e. The molecule has 0 saturated heterocycles. The molecule has 28 heavy (non-hydrogen) atoms. The van der Waals surface area contributed by atoms with Crippen LogP contribution in [0.3, 0.4) is 0 Å². The molecule has 0 aromatic heterocycles. The zero-order valence-electron chi connectivity index (χ0n) is 17.5. The number of ether oxygens (including phenoxy) is 2. The van der Waals surface area contributed by atoms with Crippen molar-refractivity contribution in [3.63, 3.8) is 0 Å². The average molecular weight is 385 g/mol.